The lowest BCUT2D eigenvalue weighted by Crippen LogP contribution is -2.53. The lowest BCUT2D eigenvalue weighted by atomic mass is 9.84. The summed E-state index contributed by atoms with van der Waals surface area (Å²) >= 11 is 0. The van der Waals surface area contributed by atoms with Gasteiger partial charge < -0.3 is 24.7 Å². The number of rotatable bonds is 4. The monoisotopic (exact) mass is 400 g/mol. The number of fused-ring (bicyclic) bond motifs is 2. The van der Waals surface area contributed by atoms with Gasteiger partial charge >= 0.3 is 0 Å². The molecule has 2 aliphatic heterocycles. The normalized spacial score (nSPS) is 27.5. The number of amides is 2. The second-order valence-corrected chi connectivity index (χ2v) is 8.55. The second-order valence-electron chi connectivity index (χ2n) is 8.55. The third-order valence-electron chi connectivity index (χ3n) is 5.99. The van der Waals surface area contributed by atoms with Gasteiger partial charge in [-0.15, -0.1) is 0 Å². The summed E-state index contributed by atoms with van der Waals surface area (Å²) in [6.07, 6.45) is 0.755. The molecular formula is C21H28N4O4. The number of benzene rings is 1. The van der Waals surface area contributed by atoms with Crippen molar-refractivity contribution >= 4 is 22.9 Å². The van der Waals surface area contributed by atoms with Crippen LogP contribution in [0.4, 0.5) is 0 Å². The quantitative estimate of drug-likeness (QED) is 0.815. The van der Waals surface area contributed by atoms with Gasteiger partial charge in [0.1, 0.15) is 23.8 Å². The number of carbonyl (C=O) groups excluding carboxylic acids is 2. The SMILES string of the molecule is CNC(C)C(=O)N[C@H]1CCO[C@H]2CC(C)(C)C(c3nc4ccccc4o3)N2C1=O. The Hall–Kier alpha value is -2.45. The average Bonchev–Trinajstić information content (AvgIpc) is 3.18. The summed E-state index contributed by atoms with van der Waals surface area (Å²) in [6, 6.07) is 6.18. The smallest absolute Gasteiger partial charge is 0.247 e. The molecule has 0 radical (unpaired) electrons. The molecule has 8 nitrogen and oxygen atoms in total. The van der Waals surface area contributed by atoms with Gasteiger partial charge in [0.15, 0.2) is 5.58 Å². The lowest BCUT2D eigenvalue weighted by Gasteiger charge is -2.32. The van der Waals surface area contributed by atoms with Crippen LogP contribution in [0, 0.1) is 5.41 Å². The van der Waals surface area contributed by atoms with Crippen molar-refractivity contribution in [3.63, 3.8) is 0 Å². The summed E-state index contributed by atoms with van der Waals surface area (Å²) in [4.78, 5) is 32.3. The Morgan fingerprint density at radius 3 is 2.83 bits per heavy atom. The molecule has 2 amide bonds. The Morgan fingerprint density at radius 1 is 1.34 bits per heavy atom. The van der Waals surface area contributed by atoms with Gasteiger partial charge in [-0.05, 0) is 37.9 Å². The summed E-state index contributed by atoms with van der Waals surface area (Å²) < 4.78 is 12.1. The first-order valence-electron chi connectivity index (χ1n) is 10.1. The highest BCUT2D eigenvalue weighted by molar-refractivity contribution is 5.90. The van der Waals surface area contributed by atoms with Crippen LogP contribution in [-0.4, -0.2) is 53.7 Å². The largest absolute Gasteiger partial charge is 0.438 e. The minimum atomic E-state index is -0.635. The Morgan fingerprint density at radius 2 is 2.10 bits per heavy atom. The van der Waals surface area contributed by atoms with Crippen LogP contribution in [0.15, 0.2) is 28.7 Å². The molecule has 2 aliphatic rings. The number of nitrogens with one attached hydrogen (secondary N) is 2. The molecule has 4 rings (SSSR count). The number of aromatic nitrogens is 1. The molecule has 0 spiro atoms. The number of para-hydroxylation sites is 2. The Labute approximate surface area is 170 Å². The molecular weight excluding hydrogens is 372 g/mol. The highest BCUT2D eigenvalue weighted by Gasteiger charge is 2.54. The first kappa shape index (κ1) is 19.8. The van der Waals surface area contributed by atoms with Gasteiger partial charge in [0.25, 0.3) is 0 Å². The summed E-state index contributed by atoms with van der Waals surface area (Å²) in [6.45, 7) is 6.35. The highest BCUT2D eigenvalue weighted by Crippen LogP contribution is 2.51. The maximum atomic E-state index is 13.5. The molecule has 2 unspecified atom stereocenters. The van der Waals surface area contributed by atoms with Gasteiger partial charge in [0.05, 0.1) is 12.6 Å². The summed E-state index contributed by atoms with van der Waals surface area (Å²) in [7, 11) is 1.71. The fraction of sp³-hybridized carbons (Fsp3) is 0.571. The molecule has 2 fully saturated rings. The van der Waals surface area contributed by atoms with Gasteiger partial charge in [0.2, 0.25) is 17.7 Å². The Kier molecular flexibility index (Phi) is 5.08. The number of hydrogen-bond acceptors (Lipinski definition) is 6. The maximum Gasteiger partial charge on any atom is 0.247 e. The van der Waals surface area contributed by atoms with Crippen molar-refractivity contribution in [3.8, 4) is 0 Å². The zero-order valence-corrected chi connectivity index (χ0v) is 17.3. The van der Waals surface area contributed by atoms with Gasteiger partial charge in [0, 0.05) is 6.42 Å². The van der Waals surface area contributed by atoms with E-state index in [1.165, 1.54) is 0 Å². The predicted octanol–water partition coefficient (Wildman–Crippen LogP) is 1.97. The van der Waals surface area contributed by atoms with E-state index >= 15 is 0 Å². The van der Waals surface area contributed by atoms with Crippen LogP contribution >= 0.6 is 0 Å². The van der Waals surface area contributed by atoms with E-state index in [1.807, 2.05) is 24.3 Å². The first-order chi connectivity index (χ1) is 13.8. The minimum absolute atomic E-state index is 0.151. The van der Waals surface area contributed by atoms with Gasteiger partial charge in [-0.1, -0.05) is 26.0 Å². The highest BCUT2D eigenvalue weighted by atomic mass is 16.5. The third kappa shape index (κ3) is 3.51. The second kappa shape index (κ2) is 7.42. The molecule has 2 aromatic rings. The number of likely N-dealkylation sites (N-methyl/N-ethyl adjacent to an activating group) is 1. The number of hydrogen-bond donors (Lipinski definition) is 2. The van der Waals surface area contributed by atoms with Crippen molar-refractivity contribution in [3.05, 3.63) is 30.2 Å². The fourth-order valence-electron chi connectivity index (χ4n) is 4.26. The van der Waals surface area contributed by atoms with E-state index in [0.717, 1.165) is 5.52 Å². The zero-order valence-electron chi connectivity index (χ0n) is 17.3. The van der Waals surface area contributed by atoms with Crippen LogP contribution in [0.2, 0.25) is 0 Å². The molecule has 4 atom stereocenters. The molecule has 1 aromatic heterocycles. The van der Waals surface area contributed by atoms with Crippen LogP contribution in [0.5, 0.6) is 0 Å². The Balaban J connectivity index is 1.68. The molecule has 29 heavy (non-hydrogen) atoms. The number of oxazole rings is 1. The summed E-state index contributed by atoms with van der Waals surface area (Å²) in [5.74, 6) is 0.148. The molecule has 0 bridgehead atoms. The molecule has 1 aromatic carbocycles. The molecule has 2 saturated heterocycles. The Bertz CT molecular complexity index is 891. The predicted molar refractivity (Wildman–Crippen MR) is 107 cm³/mol. The molecule has 3 heterocycles. The van der Waals surface area contributed by atoms with Gasteiger partial charge in [-0.3, -0.25) is 9.59 Å². The number of ether oxygens (including phenoxy) is 1. The molecule has 2 N–H and O–H groups in total. The molecule has 0 saturated carbocycles. The van der Waals surface area contributed by atoms with E-state index in [0.29, 0.717) is 30.9 Å². The molecule has 8 heteroatoms. The van der Waals surface area contributed by atoms with E-state index in [1.54, 1.807) is 18.9 Å². The van der Waals surface area contributed by atoms with Crippen molar-refractivity contribution in [1.82, 2.24) is 20.5 Å². The average molecular weight is 400 g/mol. The van der Waals surface area contributed by atoms with E-state index in [-0.39, 0.29) is 35.5 Å². The van der Waals surface area contributed by atoms with Crippen molar-refractivity contribution in [2.45, 2.75) is 58.0 Å². The van der Waals surface area contributed by atoms with E-state index in [9.17, 15) is 9.59 Å². The summed E-state index contributed by atoms with van der Waals surface area (Å²) in [5, 5.41) is 5.77. The van der Waals surface area contributed by atoms with Crippen molar-refractivity contribution in [2.24, 2.45) is 5.41 Å². The van der Waals surface area contributed by atoms with Crippen molar-refractivity contribution < 1.29 is 18.7 Å². The van der Waals surface area contributed by atoms with Crippen LogP contribution in [-0.2, 0) is 14.3 Å². The molecule has 0 aliphatic carbocycles. The fourth-order valence-corrected chi connectivity index (χ4v) is 4.26. The van der Waals surface area contributed by atoms with Crippen LogP contribution in [0.25, 0.3) is 11.1 Å². The topological polar surface area (TPSA) is 96.7 Å². The number of nitrogens with zero attached hydrogens (tertiary/aromatic N) is 2. The van der Waals surface area contributed by atoms with E-state index in [4.69, 9.17) is 9.15 Å². The van der Waals surface area contributed by atoms with Crippen LogP contribution < -0.4 is 10.6 Å². The standard InChI is InChI=1S/C21H28N4O4/c1-12(22-4)18(26)23-14-9-10-28-16-11-21(2,3)17(25(16)20(14)27)19-24-13-7-5-6-8-15(13)29-19/h5-8,12,14,16-17,22H,9-11H2,1-4H3,(H,23,26)/t12?,14-,16-,17?/m0/s1. The number of carbonyl (C=O) groups is 2. The molecule has 156 valence electrons. The van der Waals surface area contributed by atoms with Crippen molar-refractivity contribution in [1.29, 1.82) is 0 Å². The van der Waals surface area contributed by atoms with Gasteiger partial charge in [-0.2, -0.15) is 0 Å². The summed E-state index contributed by atoms with van der Waals surface area (Å²) in [5.41, 5.74) is 1.17. The van der Waals surface area contributed by atoms with Crippen molar-refractivity contribution in [2.75, 3.05) is 13.7 Å². The van der Waals surface area contributed by atoms with Crippen LogP contribution in [0.1, 0.15) is 45.5 Å². The maximum absolute atomic E-state index is 13.5. The zero-order chi connectivity index (χ0) is 20.8. The minimum Gasteiger partial charge on any atom is -0.438 e. The first-order valence-corrected chi connectivity index (χ1v) is 10.1. The van der Waals surface area contributed by atoms with E-state index < -0.39 is 6.04 Å². The van der Waals surface area contributed by atoms with Crippen LogP contribution in [0.3, 0.4) is 0 Å². The third-order valence-corrected chi connectivity index (χ3v) is 5.99. The lowest BCUT2D eigenvalue weighted by molar-refractivity contribution is -0.145. The van der Waals surface area contributed by atoms with E-state index in [2.05, 4.69) is 29.5 Å². The van der Waals surface area contributed by atoms with Gasteiger partial charge in [-0.25, -0.2) is 4.98 Å².